The van der Waals surface area contributed by atoms with Crippen molar-refractivity contribution in [3.05, 3.63) is 70.1 Å². The molecule has 0 aliphatic heterocycles. The van der Waals surface area contributed by atoms with E-state index >= 15 is 0 Å². The minimum atomic E-state index is -0.489. The van der Waals surface area contributed by atoms with Crippen LogP contribution in [0.5, 0.6) is 0 Å². The predicted molar refractivity (Wildman–Crippen MR) is 98.3 cm³/mol. The Morgan fingerprint density at radius 1 is 1.19 bits per heavy atom. The maximum absolute atomic E-state index is 12.3. The van der Waals surface area contributed by atoms with Crippen LogP contribution in [0.3, 0.4) is 0 Å². The van der Waals surface area contributed by atoms with E-state index in [9.17, 15) is 14.9 Å². The van der Waals surface area contributed by atoms with Gasteiger partial charge in [-0.3, -0.25) is 10.1 Å². The molecule has 1 heterocycles. The number of thioether (sulfide) groups is 1. The van der Waals surface area contributed by atoms with Crippen molar-refractivity contribution in [3.63, 3.8) is 0 Å². The highest BCUT2D eigenvalue weighted by Crippen LogP contribution is 2.24. The van der Waals surface area contributed by atoms with Crippen LogP contribution in [0.2, 0.25) is 0 Å². The molecule has 1 aromatic heterocycles. The zero-order chi connectivity index (χ0) is 19.2. The van der Waals surface area contributed by atoms with Crippen LogP contribution in [0, 0.1) is 10.1 Å². The molecule has 0 unspecified atom stereocenters. The molecule has 0 amide bonds. The number of esters is 1. The first kappa shape index (κ1) is 18.6. The molecule has 0 aliphatic rings. The van der Waals surface area contributed by atoms with E-state index < -0.39 is 10.9 Å². The number of nitro benzene ring substituents is 1. The molecule has 0 bridgehead atoms. The quantitative estimate of drug-likeness (QED) is 0.259. The molecular formula is C18H15N3O5S. The fourth-order valence-electron chi connectivity index (χ4n) is 2.28. The first-order chi connectivity index (χ1) is 13.1. The maximum Gasteiger partial charge on any atom is 0.339 e. The minimum Gasteiger partial charge on any atom is -0.452 e. The average Bonchev–Trinajstić information content (AvgIpc) is 3.16. The zero-order valence-electron chi connectivity index (χ0n) is 14.3. The summed E-state index contributed by atoms with van der Waals surface area (Å²) in [6.45, 7) is 1.84. The van der Waals surface area contributed by atoms with Crippen molar-refractivity contribution in [1.29, 1.82) is 0 Å². The summed E-state index contributed by atoms with van der Waals surface area (Å²) in [5.41, 5.74) is 0.992. The van der Waals surface area contributed by atoms with Crippen molar-refractivity contribution in [1.82, 2.24) is 10.2 Å². The Bertz CT molecular complexity index is 956. The third kappa shape index (κ3) is 4.50. The van der Waals surface area contributed by atoms with Gasteiger partial charge in [0.25, 0.3) is 11.6 Å². The second-order valence-electron chi connectivity index (χ2n) is 5.31. The predicted octanol–water partition coefficient (Wildman–Crippen LogP) is 4.11. The second kappa shape index (κ2) is 8.45. The van der Waals surface area contributed by atoms with Gasteiger partial charge >= 0.3 is 5.97 Å². The largest absolute Gasteiger partial charge is 0.452 e. The highest BCUT2D eigenvalue weighted by atomic mass is 32.2. The Kier molecular flexibility index (Phi) is 5.82. The molecule has 0 radical (unpaired) electrons. The molecular weight excluding hydrogens is 370 g/mol. The summed E-state index contributed by atoms with van der Waals surface area (Å²) in [7, 11) is 0. The molecule has 0 fully saturated rings. The minimum absolute atomic E-state index is 0.0315. The Morgan fingerprint density at radius 2 is 1.93 bits per heavy atom. The summed E-state index contributed by atoms with van der Waals surface area (Å²) in [5, 5.41) is 18.4. The molecule has 0 spiro atoms. The maximum atomic E-state index is 12.3. The number of hydrogen-bond acceptors (Lipinski definition) is 8. The fourth-order valence-corrected chi connectivity index (χ4v) is 3.07. The second-order valence-corrected chi connectivity index (χ2v) is 6.62. The number of nitrogens with zero attached hydrogens (tertiary/aromatic N) is 3. The number of carbonyl (C=O) groups is 1. The molecule has 9 heteroatoms. The van der Waals surface area contributed by atoms with E-state index in [0.29, 0.717) is 11.1 Å². The lowest BCUT2D eigenvalue weighted by molar-refractivity contribution is -0.384. The SMILES string of the molecule is CCSc1ccccc1C(=O)OCc1nnc(-c2ccc([N+](=O)[O-])cc2)o1. The highest BCUT2D eigenvalue weighted by Gasteiger charge is 2.15. The number of ether oxygens (including phenoxy) is 1. The number of aromatic nitrogens is 2. The zero-order valence-corrected chi connectivity index (χ0v) is 15.1. The molecule has 27 heavy (non-hydrogen) atoms. The molecule has 0 N–H and O–H groups in total. The van der Waals surface area contributed by atoms with Gasteiger partial charge in [0, 0.05) is 22.6 Å². The summed E-state index contributed by atoms with van der Waals surface area (Å²) in [6.07, 6.45) is 0. The number of nitro groups is 1. The van der Waals surface area contributed by atoms with Gasteiger partial charge < -0.3 is 9.15 Å². The van der Waals surface area contributed by atoms with Gasteiger partial charge in [-0.25, -0.2) is 4.79 Å². The van der Waals surface area contributed by atoms with Gasteiger partial charge in [-0.05, 0) is 30.0 Å². The van der Waals surface area contributed by atoms with Crippen molar-refractivity contribution >= 4 is 23.4 Å². The summed E-state index contributed by atoms with van der Waals surface area (Å²) < 4.78 is 10.7. The Morgan fingerprint density at radius 3 is 2.63 bits per heavy atom. The van der Waals surface area contributed by atoms with Crippen molar-refractivity contribution in [2.24, 2.45) is 0 Å². The molecule has 0 saturated heterocycles. The van der Waals surface area contributed by atoms with Crippen molar-refractivity contribution in [2.75, 3.05) is 5.75 Å². The van der Waals surface area contributed by atoms with Gasteiger partial charge in [-0.15, -0.1) is 22.0 Å². The number of carbonyl (C=O) groups excluding carboxylic acids is 1. The summed E-state index contributed by atoms with van der Waals surface area (Å²) in [4.78, 5) is 23.4. The van der Waals surface area contributed by atoms with Gasteiger partial charge in [-0.2, -0.15) is 0 Å². The summed E-state index contributed by atoms with van der Waals surface area (Å²) in [5.74, 6) is 0.698. The first-order valence-electron chi connectivity index (χ1n) is 8.04. The van der Waals surface area contributed by atoms with Gasteiger partial charge in [0.1, 0.15) is 0 Å². The van der Waals surface area contributed by atoms with Crippen LogP contribution >= 0.6 is 11.8 Å². The third-order valence-electron chi connectivity index (χ3n) is 3.53. The fraction of sp³-hybridized carbons (Fsp3) is 0.167. The first-order valence-corrected chi connectivity index (χ1v) is 9.03. The van der Waals surface area contributed by atoms with Crippen molar-refractivity contribution in [3.8, 4) is 11.5 Å². The van der Waals surface area contributed by atoms with Crippen LogP contribution in [0.4, 0.5) is 5.69 Å². The lowest BCUT2D eigenvalue weighted by atomic mass is 10.2. The molecule has 0 aliphatic carbocycles. The van der Waals surface area contributed by atoms with Crippen LogP contribution in [-0.4, -0.2) is 26.8 Å². The smallest absolute Gasteiger partial charge is 0.339 e. The van der Waals surface area contributed by atoms with Gasteiger partial charge in [-0.1, -0.05) is 19.1 Å². The van der Waals surface area contributed by atoms with Crippen LogP contribution in [0.1, 0.15) is 23.2 Å². The highest BCUT2D eigenvalue weighted by molar-refractivity contribution is 7.99. The number of non-ortho nitro benzene ring substituents is 1. The van der Waals surface area contributed by atoms with Crippen LogP contribution in [-0.2, 0) is 11.3 Å². The standard InChI is InChI=1S/C18H15N3O5S/c1-2-27-15-6-4-3-5-14(15)18(22)25-11-16-19-20-17(26-16)12-7-9-13(10-8-12)21(23)24/h3-10H,2,11H2,1H3. The normalized spacial score (nSPS) is 10.6. The summed E-state index contributed by atoms with van der Waals surface area (Å²) >= 11 is 1.56. The number of hydrogen-bond donors (Lipinski definition) is 0. The lowest BCUT2D eigenvalue weighted by Crippen LogP contribution is -2.06. The average molecular weight is 385 g/mol. The molecule has 0 atom stereocenters. The van der Waals surface area contributed by atoms with E-state index in [1.54, 1.807) is 23.9 Å². The van der Waals surface area contributed by atoms with Crippen LogP contribution in [0.25, 0.3) is 11.5 Å². The van der Waals surface area contributed by atoms with Crippen molar-refractivity contribution < 1.29 is 18.9 Å². The molecule has 3 rings (SSSR count). The Hall–Kier alpha value is -3.20. The van der Waals surface area contributed by atoms with Crippen LogP contribution < -0.4 is 0 Å². The molecule has 3 aromatic rings. The number of rotatable bonds is 7. The van der Waals surface area contributed by atoms with E-state index in [0.717, 1.165) is 10.6 Å². The molecule has 138 valence electrons. The Labute approximate surface area is 158 Å². The molecule has 0 saturated carbocycles. The van der Waals surface area contributed by atoms with E-state index in [2.05, 4.69) is 10.2 Å². The van der Waals surface area contributed by atoms with Gasteiger partial charge in [0.05, 0.1) is 10.5 Å². The Balaban J connectivity index is 1.66. The number of benzene rings is 2. The van der Waals surface area contributed by atoms with Crippen LogP contribution in [0.15, 0.2) is 57.8 Å². The van der Waals surface area contributed by atoms with Crippen molar-refractivity contribution in [2.45, 2.75) is 18.4 Å². The van der Waals surface area contributed by atoms with Gasteiger partial charge in [0.2, 0.25) is 5.89 Å². The monoisotopic (exact) mass is 385 g/mol. The molecule has 8 nitrogen and oxygen atoms in total. The topological polar surface area (TPSA) is 108 Å². The van der Waals surface area contributed by atoms with E-state index in [4.69, 9.17) is 9.15 Å². The lowest BCUT2D eigenvalue weighted by Gasteiger charge is -2.07. The van der Waals surface area contributed by atoms with E-state index in [1.807, 2.05) is 19.1 Å². The van der Waals surface area contributed by atoms with E-state index in [1.165, 1.54) is 24.3 Å². The third-order valence-corrected chi connectivity index (χ3v) is 4.48. The van der Waals surface area contributed by atoms with E-state index in [-0.39, 0.29) is 24.1 Å². The van der Waals surface area contributed by atoms with Gasteiger partial charge in [0.15, 0.2) is 6.61 Å². The summed E-state index contributed by atoms with van der Waals surface area (Å²) in [6, 6.07) is 12.9. The molecule has 2 aromatic carbocycles.